The molecule has 1 amide bonds. The number of carboxylic acids is 1. The lowest BCUT2D eigenvalue weighted by Gasteiger charge is -2.41. The molecule has 1 aromatic rings. The Morgan fingerprint density at radius 3 is 2.84 bits per heavy atom. The fourth-order valence-electron chi connectivity index (χ4n) is 2.36. The monoisotopic (exact) mass is 326 g/mol. The first-order valence-electron chi connectivity index (χ1n) is 6.12. The molecule has 102 valence electrons. The Hall–Kier alpha value is -1.43. The molecule has 19 heavy (non-hydrogen) atoms. The second kappa shape index (κ2) is 5.28. The number of nitrogens with zero attached hydrogens (tertiary/aromatic N) is 2. The van der Waals surface area contributed by atoms with Crippen molar-refractivity contribution in [3.8, 4) is 0 Å². The van der Waals surface area contributed by atoms with Crippen LogP contribution >= 0.6 is 15.9 Å². The molecule has 1 aliphatic heterocycles. The Balaban J connectivity index is 2.33. The quantitative estimate of drug-likeness (QED) is 0.846. The van der Waals surface area contributed by atoms with E-state index in [1.54, 1.807) is 19.1 Å². The number of hydrogen-bond acceptors (Lipinski definition) is 3. The van der Waals surface area contributed by atoms with E-state index in [-0.39, 0.29) is 5.91 Å². The number of pyridine rings is 1. The number of carboxylic acid groups (broad SMARTS) is 1. The van der Waals surface area contributed by atoms with E-state index in [9.17, 15) is 14.7 Å². The lowest BCUT2D eigenvalue weighted by molar-refractivity contribution is -0.150. The molecule has 0 bridgehead atoms. The number of aliphatic carboxylic acids is 1. The number of piperidine rings is 1. The molecule has 6 heteroatoms. The molecule has 1 aliphatic rings. The van der Waals surface area contributed by atoms with Gasteiger partial charge >= 0.3 is 5.97 Å². The van der Waals surface area contributed by atoms with Crippen molar-refractivity contribution in [2.45, 2.75) is 31.7 Å². The van der Waals surface area contributed by atoms with Crippen LogP contribution in [0, 0.1) is 0 Å². The maximum atomic E-state index is 12.5. The zero-order valence-electron chi connectivity index (χ0n) is 10.6. The first-order chi connectivity index (χ1) is 8.95. The second-order valence-electron chi connectivity index (χ2n) is 4.86. The second-order valence-corrected chi connectivity index (χ2v) is 5.67. The molecule has 0 aliphatic carbocycles. The molecule has 0 radical (unpaired) electrons. The van der Waals surface area contributed by atoms with Crippen molar-refractivity contribution >= 4 is 27.8 Å². The highest BCUT2D eigenvalue weighted by Crippen LogP contribution is 2.30. The van der Waals surface area contributed by atoms with Gasteiger partial charge in [0, 0.05) is 18.3 Å². The Labute approximate surface area is 119 Å². The first-order valence-corrected chi connectivity index (χ1v) is 6.91. The van der Waals surface area contributed by atoms with Gasteiger partial charge in [0.05, 0.1) is 0 Å². The fourth-order valence-corrected chi connectivity index (χ4v) is 2.73. The van der Waals surface area contributed by atoms with Crippen molar-refractivity contribution in [1.29, 1.82) is 0 Å². The molecule has 1 N–H and O–H groups in total. The van der Waals surface area contributed by atoms with Crippen LogP contribution < -0.4 is 0 Å². The van der Waals surface area contributed by atoms with Crippen LogP contribution in [-0.2, 0) is 4.79 Å². The highest BCUT2D eigenvalue weighted by Gasteiger charge is 2.44. The zero-order valence-corrected chi connectivity index (χ0v) is 12.2. The lowest BCUT2D eigenvalue weighted by Crippen LogP contribution is -2.57. The fraction of sp³-hybridized carbons (Fsp3) is 0.462. The summed E-state index contributed by atoms with van der Waals surface area (Å²) in [7, 11) is 0. The van der Waals surface area contributed by atoms with Crippen LogP contribution in [0.5, 0.6) is 0 Å². The smallest absolute Gasteiger partial charge is 0.329 e. The Morgan fingerprint density at radius 1 is 1.47 bits per heavy atom. The number of amides is 1. The molecule has 2 heterocycles. The number of hydrogen-bond donors (Lipinski definition) is 1. The minimum absolute atomic E-state index is 0.257. The average molecular weight is 327 g/mol. The Kier molecular flexibility index (Phi) is 3.89. The minimum Gasteiger partial charge on any atom is -0.480 e. The highest BCUT2D eigenvalue weighted by molar-refractivity contribution is 9.10. The molecule has 1 unspecified atom stereocenters. The molecular formula is C13H15BrN2O3. The van der Waals surface area contributed by atoms with E-state index in [0.29, 0.717) is 23.1 Å². The number of aromatic nitrogens is 1. The maximum absolute atomic E-state index is 12.5. The minimum atomic E-state index is -1.12. The van der Waals surface area contributed by atoms with Crippen LogP contribution in [-0.4, -0.2) is 39.0 Å². The third-order valence-corrected chi connectivity index (χ3v) is 4.00. The molecule has 0 saturated carbocycles. The highest BCUT2D eigenvalue weighted by atomic mass is 79.9. The molecule has 1 fully saturated rings. The Bertz CT molecular complexity index is 520. The van der Waals surface area contributed by atoms with E-state index in [1.807, 2.05) is 0 Å². The van der Waals surface area contributed by atoms with Crippen LogP contribution in [0.1, 0.15) is 36.5 Å². The average Bonchev–Trinajstić information content (AvgIpc) is 2.38. The normalized spacial score (nSPS) is 23.2. The summed E-state index contributed by atoms with van der Waals surface area (Å²) in [4.78, 5) is 29.4. The van der Waals surface area contributed by atoms with E-state index < -0.39 is 11.5 Å². The number of carbonyl (C=O) groups excluding carboxylic acids is 1. The number of rotatable bonds is 2. The van der Waals surface area contributed by atoms with Gasteiger partial charge in [-0.1, -0.05) is 0 Å². The number of carbonyl (C=O) groups is 2. The summed E-state index contributed by atoms with van der Waals surface area (Å²) in [6.07, 6.45) is 3.67. The van der Waals surface area contributed by atoms with Gasteiger partial charge in [0.25, 0.3) is 5.91 Å². The zero-order chi connectivity index (χ0) is 14.0. The maximum Gasteiger partial charge on any atom is 0.329 e. The summed E-state index contributed by atoms with van der Waals surface area (Å²) in [5.41, 5.74) is -0.665. The predicted octanol–water partition coefficient (Wildman–Crippen LogP) is 2.31. The summed E-state index contributed by atoms with van der Waals surface area (Å²) in [6, 6.07) is 3.21. The Morgan fingerprint density at radius 2 is 2.21 bits per heavy atom. The largest absolute Gasteiger partial charge is 0.480 e. The molecule has 0 aromatic carbocycles. The van der Waals surface area contributed by atoms with E-state index in [2.05, 4.69) is 20.9 Å². The van der Waals surface area contributed by atoms with Gasteiger partial charge in [-0.2, -0.15) is 0 Å². The molecule has 0 spiro atoms. The van der Waals surface area contributed by atoms with Crippen molar-refractivity contribution in [2.24, 2.45) is 0 Å². The van der Waals surface area contributed by atoms with E-state index in [4.69, 9.17) is 0 Å². The number of halogens is 1. The summed E-state index contributed by atoms with van der Waals surface area (Å²) in [5, 5.41) is 9.40. The molecule has 5 nitrogen and oxygen atoms in total. The summed E-state index contributed by atoms with van der Waals surface area (Å²) in [5.74, 6) is -1.21. The van der Waals surface area contributed by atoms with E-state index in [0.717, 1.165) is 12.8 Å². The van der Waals surface area contributed by atoms with Crippen molar-refractivity contribution in [1.82, 2.24) is 9.88 Å². The summed E-state index contributed by atoms with van der Waals surface area (Å²) >= 11 is 3.21. The van der Waals surface area contributed by atoms with E-state index >= 15 is 0 Å². The molecule has 2 rings (SSSR count). The summed E-state index contributed by atoms with van der Waals surface area (Å²) < 4.78 is 0.562. The van der Waals surface area contributed by atoms with Crippen molar-refractivity contribution in [3.63, 3.8) is 0 Å². The standard InChI is InChI=1S/C13H15BrN2O3/c1-13(12(18)19)5-2-3-7-16(13)11(17)9-4-6-15-10(14)8-9/h4,6,8H,2-3,5,7H2,1H3,(H,18,19). The number of likely N-dealkylation sites (tertiary alicyclic amines) is 1. The predicted molar refractivity (Wildman–Crippen MR) is 72.9 cm³/mol. The molecule has 1 atom stereocenters. The first kappa shape index (κ1) is 14.0. The SMILES string of the molecule is CC1(C(=O)O)CCCCN1C(=O)c1ccnc(Br)c1. The third kappa shape index (κ3) is 2.63. The summed E-state index contributed by atoms with van der Waals surface area (Å²) in [6.45, 7) is 2.09. The van der Waals surface area contributed by atoms with Gasteiger partial charge in [0.2, 0.25) is 0 Å². The van der Waals surface area contributed by atoms with Gasteiger partial charge in [-0.15, -0.1) is 0 Å². The van der Waals surface area contributed by atoms with Crippen LogP contribution in [0.25, 0.3) is 0 Å². The van der Waals surface area contributed by atoms with Crippen LogP contribution in [0.4, 0.5) is 0 Å². The van der Waals surface area contributed by atoms with Crippen LogP contribution in [0.15, 0.2) is 22.9 Å². The molecule has 1 saturated heterocycles. The van der Waals surface area contributed by atoms with Gasteiger partial charge in [-0.25, -0.2) is 9.78 Å². The van der Waals surface area contributed by atoms with Gasteiger partial charge in [-0.05, 0) is 54.2 Å². The van der Waals surface area contributed by atoms with Crippen molar-refractivity contribution in [2.75, 3.05) is 6.54 Å². The van der Waals surface area contributed by atoms with Crippen LogP contribution in [0.2, 0.25) is 0 Å². The topological polar surface area (TPSA) is 70.5 Å². The van der Waals surface area contributed by atoms with Gasteiger partial charge in [0.1, 0.15) is 10.1 Å². The van der Waals surface area contributed by atoms with E-state index in [1.165, 1.54) is 11.1 Å². The molecule has 1 aromatic heterocycles. The lowest BCUT2D eigenvalue weighted by atomic mass is 9.88. The van der Waals surface area contributed by atoms with Gasteiger partial charge in [-0.3, -0.25) is 4.79 Å². The van der Waals surface area contributed by atoms with Crippen LogP contribution in [0.3, 0.4) is 0 Å². The van der Waals surface area contributed by atoms with Gasteiger partial charge < -0.3 is 10.0 Å². The van der Waals surface area contributed by atoms with Gasteiger partial charge in [0.15, 0.2) is 0 Å². The molecular weight excluding hydrogens is 312 g/mol. The van der Waals surface area contributed by atoms with Crippen molar-refractivity contribution in [3.05, 3.63) is 28.5 Å². The van der Waals surface area contributed by atoms with Crippen molar-refractivity contribution < 1.29 is 14.7 Å². The third-order valence-electron chi connectivity index (χ3n) is 3.57.